The van der Waals surface area contributed by atoms with Gasteiger partial charge in [-0.05, 0) is 26.0 Å². The first-order valence-corrected chi connectivity index (χ1v) is 6.94. The predicted octanol–water partition coefficient (Wildman–Crippen LogP) is 3.79. The molecule has 1 atom stereocenters. The molecule has 19 heavy (non-hydrogen) atoms. The molecule has 0 bridgehead atoms. The lowest BCUT2D eigenvalue weighted by atomic mass is 10.2. The molecule has 3 aromatic rings. The third-order valence-electron chi connectivity index (χ3n) is 3.26. The number of rotatable bonds is 3. The van der Waals surface area contributed by atoms with E-state index in [-0.39, 0.29) is 6.04 Å². The standard InChI is InChI=1S/C14H15N3OS/c1-9(17(3)14-15-10(2)16-19-14)13-8-11-6-4-5-7-12(11)18-13/h4-9H,1-3H3. The van der Waals surface area contributed by atoms with Crippen molar-refractivity contribution in [2.75, 3.05) is 11.9 Å². The Bertz CT molecular complexity index is 670. The van der Waals surface area contributed by atoms with Crippen LogP contribution in [0.4, 0.5) is 5.13 Å². The second kappa shape index (κ2) is 4.66. The fourth-order valence-electron chi connectivity index (χ4n) is 1.99. The van der Waals surface area contributed by atoms with E-state index in [2.05, 4.69) is 33.3 Å². The van der Waals surface area contributed by atoms with E-state index in [0.29, 0.717) is 0 Å². The van der Waals surface area contributed by atoms with Crippen molar-refractivity contribution in [2.45, 2.75) is 19.9 Å². The number of fused-ring (bicyclic) bond motifs is 1. The number of hydrogen-bond acceptors (Lipinski definition) is 5. The molecule has 0 saturated heterocycles. The number of nitrogens with zero attached hydrogens (tertiary/aromatic N) is 3. The summed E-state index contributed by atoms with van der Waals surface area (Å²) in [5.41, 5.74) is 0.922. The zero-order valence-electron chi connectivity index (χ0n) is 11.1. The quantitative estimate of drug-likeness (QED) is 0.728. The monoisotopic (exact) mass is 273 g/mol. The molecule has 2 heterocycles. The molecule has 0 radical (unpaired) electrons. The lowest BCUT2D eigenvalue weighted by molar-refractivity contribution is 0.502. The number of furan rings is 1. The average Bonchev–Trinajstić information content (AvgIpc) is 3.02. The Morgan fingerprint density at radius 3 is 2.79 bits per heavy atom. The van der Waals surface area contributed by atoms with Gasteiger partial charge in [0.25, 0.3) is 0 Å². The van der Waals surface area contributed by atoms with E-state index in [4.69, 9.17) is 4.42 Å². The Labute approximate surface area is 115 Å². The van der Waals surface area contributed by atoms with Crippen molar-refractivity contribution in [2.24, 2.45) is 0 Å². The van der Waals surface area contributed by atoms with Gasteiger partial charge in [0.2, 0.25) is 5.13 Å². The summed E-state index contributed by atoms with van der Waals surface area (Å²) in [4.78, 5) is 6.49. The van der Waals surface area contributed by atoms with E-state index in [0.717, 1.165) is 27.7 Å². The molecule has 0 aliphatic rings. The Kier molecular flexibility index (Phi) is 2.98. The summed E-state index contributed by atoms with van der Waals surface area (Å²) in [7, 11) is 2.01. The highest BCUT2D eigenvalue weighted by Crippen LogP contribution is 2.30. The second-order valence-corrected chi connectivity index (χ2v) is 5.33. The summed E-state index contributed by atoms with van der Waals surface area (Å²) in [6, 6.07) is 10.3. The van der Waals surface area contributed by atoms with Crippen LogP contribution in [0.2, 0.25) is 0 Å². The summed E-state index contributed by atoms with van der Waals surface area (Å²) in [5.74, 6) is 1.75. The first-order valence-electron chi connectivity index (χ1n) is 6.17. The zero-order chi connectivity index (χ0) is 13.4. The number of aromatic nitrogens is 2. The van der Waals surface area contributed by atoms with Crippen molar-refractivity contribution in [3.63, 3.8) is 0 Å². The first kappa shape index (κ1) is 12.2. The summed E-state index contributed by atoms with van der Waals surface area (Å²) in [5, 5.41) is 2.04. The van der Waals surface area contributed by atoms with Gasteiger partial charge >= 0.3 is 0 Å². The molecule has 4 nitrogen and oxygen atoms in total. The van der Waals surface area contributed by atoms with Crippen LogP contribution < -0.4 is 4.90 Å². The van der Waals surface area contributed by atoms with Gasteiger partial charge in [0.1, 0.15) is 17.2 Å². The number of aryl methyl sites for hydroxylation is 1. The molecule has 3 rings (SSSR count). The topological polar surface area (TPSA) is 42.2 Å². The number of para-hydroxylation sites is 1. The molecular formula is C14H15N3OS. The Morgan fingerprint density at radius 2 is 2.11 bits per heavy atom. The van der Waals surface area contributed by atoms with E-state index >= 15 is 0 Å². The van der Waals surface area contributed by atoms with Gasteiger partial charge in [-0.25, -0.2) is 4.98 Å². The molecule has 0 saturated carbocycles. The van der Waals surface area contributed by atoms with Gasteiger partial charge in [0.15, 0.2) is 0 Å². The average molecular weight is 273 g/mol. The van der Waals surface area contributed by atoms with Crippen molar-refractivity contribution in [1.29, 1.82) is 0 Å². The zero-order valence-corrected chi connectivity index (χ0v) is 11.9. The molecule has 0 N–H and O–H groups in total. The highest BCUT2D eigenvalue weighted by molar-refractivity contribution is 7.09. The Hall–Kier alpha value is -1.88. The van der Waals surface area contributed by atoms with Crippen LogP contribution in [-0.4, -0.2) is 16.4 Å². The minimum absolute atomic E-state index is 0.125. The van der Waals surface area contributed by atoms with E-state index in [1.807, 2.05) is 32.2 Å². The number of hydrogen-bond donors (Lipinski definition) is 0. The molecule has 1 aromatic carbocycles. The largest absolute Gasteiger partial charge is 0.459 e. The summed E-state index contributed by atoms with van der Waals surface area (Å²) in [6.07, 6.45) is 0. The Balaban J connectivity index is 1.92. The summed E-state index contributed by atoms with van der Waals surface area (Å²) in [6.45, 7) is 4.01. The molecule has 0 amide bonds. The van der Waals surface area contributed by atoms with Crippen LogP contribution in [0.15, 0.2) is 34.7 Å². The van der Waals surface area contributed by atoms with Gasteiger partial charge in [-0.3, -0.25) is 0 Å². The van der Waals surface area contributed by atoms with Crippen molar-refractivity contribution >= 4 is 27.6 Å². The maximum Gasteiger partial charge on any atom is 0.205 e. The number of anilines is 1. The summed E-state index contributed by atoms with van der Waals surface area (Å²) < 4.78 is 10.1. The van der Waals surface area contributed by atoms with Crippen molar-refractivity contribution in [1.82, 2.24) is 9.36 Å². The third-order valence-corrected chi connectivity index (χ3v) is 4.15. The minimum atomic E-state index is 0.125. The minimum Gasteiger partial charge on any atom is -0.459 e. The normalized spacial score (nSPS) is 12.8. The van der Waals surface area contributed by atoms with Gasteiger partial charge in [0.05, 0.1) is 6.04 Å². The Morgan fingerprint density at radius 1 is 1.32 bits per heavy atom. The van der Waals surface area contributed by atoms with Gasteiger partial charge < -0.3 is 9.32 Å². The summed E-state index contributed by atoms with van der Waals surface area (Å²) >= 11 is 1.41. The van der Waals surface area contributed by atoms with Crippen molar-refractivity contribution < 1.29 is 4.42 Å². The maximum absolute atomic E-state index is 5.89. The van der Waals surface area contributed by atoms with E-state index in [1.165, 1.54) is 11.5 Å². The van der Waals surface area contributed by atoms with Crippen molar-refractivity contribution in [3.05, 3.63) is 41.9 Å². The van der Waals surface area contributed by atoms with Gasteiger partial charge in [-0.2, -0.15) is 4.37 Å². The lowest BCUT2D eigenvalue weighted by Gasteiger charge is -2.21. The molecule has 1 unspecified atom stereocenters. The van der Waals surface area contributed by atoms with E-state index in [1.54, 1.807) is 0 Å². The van der Waals surface area contributed by atoms with Crippen LogP contribution >= 0.6 is 11.5 Å². The highest BCUT2D eigenvalue weighted by atomic mass is 32.1. The molecule has 0 aliphatic carbocycles. The van der Waals surface area contributed by atoms with Crippen LogP contribution in [-0.2, 0) is 0 Å². The van der Waals surface area contributed by atoms with Gasteiger partial charge in [0, 0.05) is 24.0 Å². The SMILES string of the molecule is Cc1nsc(N(C)C(C)c2cc3ccccc3o2)n1. The third kappa shape index (κ3) is 2.21. The maximum atomic E-state index is 5.89. The smallest absolute Gasteiger partial charge is 0.205 e. The lowest BCUT2D eigenvalue weighted by Crippen LogP contribution is -2.20. The first-order chi connectivity index (χ1) is 9.15. The van der Waals surface area contributed by atoms with Crippen LogP contribution in [0, 0.1) is 6.92 Å². The second-order valence-electron chi connectivity index (χ2n) is 4.60. The van der Waals surface area contributed by atoms with Crippen LogP contribution in [0.3, 0.4) is 0 Å². The molecule has 2 aromatic heterocycles. The van der Waals surface area contributed by atoms with Gasteiger partial charge in [-0.1, -0.05) is 18.2 Å². The molecular weight excluding hydrogens is 258 g/mol. The molecule has 0 spiro atoms. The molecule has 5 heteroatoms. The van der Waals surface area contributed by atoms with E-state index in [9.17, 15) is 0 Å². The fraction of sp³-hybridized carbons (Fsp3) is 0.286. The fourth-order valence-corrected chi connectivity index (χ4v) is 2.71. The highest BCUT2D eigenvalue weighted by Gasteiger charge is 2.19. The van der Waals surface area contributed by atoms with Gasteiger partial charge in [-0.15, -0.1) is 0 Å². The predicted molar refractivity (Wildman–Crippen MR) is 77.7 cm³/mol. The molecule has 0 fully saturated rings. The van der Waals surface area contributed by atoms with Crippen LogP contribution in [0.1, 0.15) is 24.6 Å². The van der Waals surface area contributed by atoms with Crippen LogP contribution in [0.25, 0.3) is 11.0 Å². The number of benzene rings is 1. The van der Waals surface area contributed by atoms with E-state index < -0.39 is 0 Å². The molecule has 98 valence electrons. The van der Waals surface area contributed by atoms with Crippen LogP contribution in [0.5, 0.6) is 0 Å². The molecule has 0 aliphatic heterocycles. The van der Waals surface area contributed by atoms with Crippen molar-refractivity contribution in [3.8, 4) is 0 Å².